The van der Waals surface area contributed by atoms with Gasteiger partial charge < -0.3 is 4.55 Å². The third-order valence-corrected chi connectivity index (χ3v) is 0.604. The molecule has 0 aromatic carbocycles. The third kappa shape index (κ3) is 3.67. The Kier molecular flexibility index (Phi) is 2.73. The van der Waals surface area contributed by atoms with Gasteiger partial charge >= 0.3 is 0 Å². The molecule has 0 radical (unpaired) electrons. The SMILES string of the molecule is C#CCS(=O)[O-]. The zero-order chi connectivity index (χ0) is 4.99. The predicted octanol–water partition coefficient (Wildman–Crippen LogP) is -0.501. The fourth-order valence-electron chi connectivity index (χ4n) is 0.0680. The predicted molar refractivity (Wildman–Crippen MR) is 22.6 cm³/mol. The van der Waals surface area contributed by atoms with E-state index < -0.39 is 11.1 Å². The van der Waals surface area contributed by atoms with Crippen molar-refractivity contribution in [3.05, 3.63) is 0 Å². The van der Waals surface area contributed by atoms with Crippen molar-refractivity contribution >= 4 is 11.1 Å². The van der Waals surface area contributed by atoms with E-state index >= 15 is 0 Å². The molecule has 0 N–H and O–H groups in total. The Morgan fingerprint density at radius 1 is 2.00 bits per heavy atom. The Morgan fingerprint density at radius 3 is 2.50 bits per heavy atom. The molecular weight excluding hydrogens is 100 g/mol. The van der Waals surface area contributed by atoms with Gasteiger partial charge in [-0.2, -0.15) is 0 Å². The Bertz CT molecular complexity index is 91.5. The number of hydrogen-bond donors (Lipinski definition) is 0. The second kappa shape index (κ2) is 2.88. The van der Waals surface area contributed by atoms with Gasteiger partial charge in [-0.3, -0.25) is 4.21 Å². The summed E-state index contributed by atoms with van der Waals surface area (Å²) in [6.45, 7) is 0. The van der Waals surface area contributed by atoms with E-state index in [1.165, 1.54) is 0 Å². The summed E-state index contributed by atoms with van der Waals surface area (Å²) in [7, 11) is 0. The second-order valence-corrected chi connectivity index (χ2v) is 1.55. The topological polar surface area (TPSA) is 40.1 Å². The van der Waals surface area contributed by atoms with Crippen LogP contribution in [0.2, 0.25) is 0 Å². The summed E-state index contributed by atoms with van der Waals surface area (Å²) < 4.78 is 18.9. The van der Waals surface area contributed by atoms with Crippen molar-refractivity contribution in [3.8, 4) is 12.3 Å². The average molecular weight is 103 g/mol. The maximum absolute atomic E-state index is 9.46. The highest BCUT2D eigenvalue weighted by atomic mass is 32.2. The van der Waals surface area contributed by atoms with E-state index in [-0.39, 0.29) is 5.75 Å². The van der Waals surface area contributed by atoms with Crippen molar-refractivity contribution in [3.63, 3.8) is 0 Å². The molecule has 0 amide bonds. The minimum Gasteiger partial charge on any atom is -0.772 e. The molecule has 0 heterocycles. The molecular formula is C3H3O2S-. The molecule has 6 heavy (non-hydrogen) atoms. The van der Waals surface area contributed by atoms with Gasteiger partial charge in [0.05, 0.1) is 5.75 Å². The lowest BCUT2D eigenvalue weighted by Crippen LogP contribution is -1.88. The van der Waals surface area contributed by atoms with Crippen molar-refractivity contribution in [2.75, 3.05) is 5.75 Å². The summed E-state index contributed by atoms with van der Waals surface area (Å²) >= 11 is -2.05. The van der Waals surface area contributed by atoms with E-state index in [1.807, 2.05) is 5.92 Å². The molecule has 0 rings (SSSR count). The summed E-state index contributed by atoms with van der Waals surface area (Å²) in [5.41, 5.74) is 0. The van der Waals surface area contributed by atoms with Crippen LogP contribution in [-0.4, -0.2) is 14.5 Å². The highest BCUT2D eigenvalue weighted by molar-refractivity contribution is 7.79. The van der Waals surface area contributed by atoms with Crippen LogP contribution in [0.1, 0.15) is 0 Å². The highest BCUT2D eigenvalue weighted by Crippen LogP contribution is 1.64. The van der Waals surface area contributed by atoms with Gasteiger partial charge in [-0.25, -0.2) is 0 Å². The molecule has 0 spiro atoms. The van der Waals surface area contributed by atoms with E-state index in [2.05, 4.69) is 6.42 Å². The van der Waals surface area contributed by atoms with Crippen molar-refractivity contribution in [2.45, 2.75) is 0 Å². The van der Waals surface area contributed by atoms with Crippen LogP contribution in [-0.2, 0) is 11.1 Å². The van der Waals surface area contributed by atoms with Crippen LogP contribution in [0.15, 0.2) is 0 Å². The first kappa shape index (κ1) is 5.67. The Morgan fingerprint density at radius 2 is 2.50 bits per heavy atom. The minimum absolute atomic E-state index is 0.181. The fourth-order valence-corrected chi connectivity index (χ4v) is 0.204. The summed E-state index contributed by atoms with van der Waals surface area (Å²) in [5.74, 6) is 1.77. The molecule has 34 valence electrons. The molecule has 0 bridgehead atoms. The molecule has 0 saturated carbocycles. The first-order valence-corrected chi connectivity index (χ1v) is 2.51. The largest absolute Gasteiger partial charge is 0.772 e. The zero-order valence-corrected chi connectivity index (χ0v) is 3.83. The minimum atomic E-state index is -2.05. The van der Waals surface area contributed by atoms with E-state index in [0.29, 0.717) is 0 Å². The van der Waals surface area contributed by atoms with Crippen LogP contribution in [0.4, 0.5) is 0 Å². The molecule has 0 aliphatic heterocycles. The maximum Gasteiger partial charge on any atom is 0.0712 e. The normalized spacial score (nSPS) is 12.7. The fraction of sp³-hybridized carbons (Fsp3) is 0.333. The Hall–Kier alpha value is -0.330. The maximum atomic E-state index is 9.46. The molecule has 0 saturated heterocycles. The summed E-state index contributed by atoms with van der Waals surface area (Å²) in [4.78, 5) is 0. The van der Waals surface area contributed by atoms with E-state index in [1.54, 1.807) is 0 Å². The standard InChI is InChI=1S/C3H4O2S/c1-2-3-6(4)5/h1H,3H2,(H,4,5)/p-1. The number of rotatable bonds is 1. The molecule has 1 unspecified atom stereocenters. The molecule has 2 nitrogen and oxygen atoms in total. The van der Waals surface area contributed by atoms with Gasteiger partial charge in [0.15, 0.2) is 0 Å². The third-order valence-electron chi connectivity index (χ3n) is 0.201. The van der Waals surface area contributed by atoms with Crippen LogP contribution in [0, 0.1) is 12.3 Å². The first-order chi connectivity index (χ1) is 2.77. The zero-order valence-electron chi connectivity index (χ0n) is 3.01. The molecule has 3 heteroatoms. The van der Waals surface area contributed by atoms with Crippen molar-refractivity contribution in [2.24, 2.45) is 0 Å². The molecule has 1 atom stereocenters. The monoisotopic (exact) mass is 103 g/mol. The van der Waals surface area contributed by atoms with E-state index in [9.17, 15) is 8.76 Å². The summed E-state index contributed by atoms with van der Waals surface area (Å²) in [6.07, 6.45) is 4.59. The molecule has 0 aromatic rings. The van der Waals surface area contributed by atoms with Gasteiger partial charge in [0.25, 0.3) is 0 Å². The van der Waals surface area contributed by atoms with Crippen molar-refractivity contribution in [1.29, 1.82) is 0 Å². The Labute approximate surface area is 38.8 Å². The van der Waals surface area contributed by atoms with Crippen LogP contribution in [0.3, 0.4) is 0 Å². The lowest BCUT2D eigenvalue weighted by molar-refractivity contribution is 0.540. The average Bonchev–Trinajstić information content (AvgIpc) is 1.35. The number of terminal acetylenes is 1. The molecule has 0 fully saturated rings. The second-order valence-electron chi connectivity index (χ2n) is 0.652. The van der Waals surface area contributed by atoms with Crippen LogP contribution < -0.4 is 0 Å². The lowest BCUT2D eigenvalue weighted by Gasteiger charge is -1.93. The van der Waals surface area contributed by atoms with Crippen LogP contribution >= 0.6 is 0 Å². The van der Waals surface area contributed by atoms with Crippen molar-refractivity contribution in [1.82, 2.24) is 0 Å². The lowest BCUT2D eigenvalue weighted by atomic mass is 10.8. The Balaban J connectivity index is 3.13. The summed E-state index contributed by atoms with van der Waals surface area (Å²) in [5, 5.41) is 0. The molecule has 0 aliphatic carbocycles. The van der Waals surface area contributed by atoms with Crippen LogP contribution in [0.5, 0.6) is 0 Å². The van der Waals surface area contributed by atoms with Gasteiger partial charge in [-0.15, -0.1) is 6.42 Å². The van der Waals surface area contributed by atoms with Gasteiger partial charge in [0.2, 0.25) is 0 Å². The highest BCUT2D eigenvalue weighted by Gasteiger charge is 1.67. The first-order valence-electron chi connectivity index (χ1n) is 1.26. The molecule has 0 aliphatic rings. The smallest absolute Gasteiger partial charge is 0.0712 e. The van der Waals surface area contributed by atoms with Crippen molar-refractivity contribution < 1.29 is 8.76 Å². The van der Waals surface area contributed by atoms with Gasteiger partial charge in [0, 0.05) is 0 Å². The number of hydrogen-bond acceptors (Lipinski definition) is 2. The van der Waals surface area contributed by atoms with Crippen LogP contribution in [0.25, 0.3) is 0 Å². The molecule has 0 aromatic heterocycles. The van der Waals surface area contributed by atoms with Gasteiger partial charge in [0.1, 0.15) is 0 Å². The summed E-state index contributed by atoms with van der Waals surface area (Å²) in [6, 6.07) is 0. The van der Waals surface area contributed by atoms with E-state index in [4.69, 9.17) is 0 Å². The quantitative estimate of drug-likeness (QED) is 0.331. The van der Waals surface area contributed by atoms with Gasteiger partial charge in [-0.1, -0.05) is 5.92 Å². The van der Waals surface area contributed by atoms with E-state index in [0.717, 1.165) is 0 Å². The van der Waals surface area contributed by atoms with Gasteiger partial charge in [-0.05, 0) is 11.1 Å².